The van der Waals surface area contributed by atoms with Gasteiger partial charge >= 0.3 is 0 Å². The molecule has 68 valence electrons. The largest absolute Gasteiger partial charge is 0.378 e. The lowest BCUT2D eigenvalue weighted by Gasteiger charge is -2.05. The number of hydrogen-bond acceptors (Lipinski definition) is 2. The normalized spacial score (nSPS) is 11.7. The maximum absolute atomic E-state index is 7.54. The lowest BCUT2D eigenvalue weighted by atomic mass is 10.3. The Balaban J connectivity index is 2.69. The first-order chi connectivity index (χ1) is 6.29. The summed E-state index contributed by atoms with van der Waals surface area (Å²) in [5, 5.41) is 0. The fourth-order valence-electron chi connectivity index (χ4n) is 1.08. The summed E-state index contributed by atoms with van der Waals surface area (Å²) in [7, 11) is 1.65. The summed E-state index contributed by atoms with van der Waals surface area (Å²) < 4.78 is 14.5. The maximum Gasteiger partial charge on any atom is 0.104 e. The first kappa shape index (κ1) is 7.80. The Kier molecular flexibility index (Phi) is 3.20. The lowest BCUT2D eigenvalue weighted by molar-refractivity contribution is 0.177. The van der Waals surface area contributed by atoms with E-state index in [1.807, 2.05) is 4.57 Å². The summed E-state index contributed by atoms with van der Waals surface area (Å²) in [5.41, 5.74) is 0.987. The number of methoxy groups -OCH3 is 1. The highest BCUT2D eigenvalue weighted by Crippen LogP contribution is 2.02. The molecule has 0 radical (unpaired) electrons. The summed E-state index contributed by atoms with van der Waals surface area (Å²) in [6, 6.07) is 0. The molecule has 0 amide bonds. The van der Waals surface area contributed by atoms with Crippen LogP contribution in [0.4, 0.5) is 0 Å². The minimum Gasteiger partial charge on any atom is -0.378 e. The van der Waals surface area contributed by atoms with Gasteiger partial charge in [0.25, 0.3) is 0 Å². The second kappa shape index (κ2) is 4.93. The fourth-order valence-corrected chi connectivity index (χ4v) is 1.08. The summed E-state index contributed by atoms with van der Waals surface area (Å²) in [4.78, 5) is 3.94. The summed E-state index contributed by atoms with van der Waals surface area (Å²) in [6.07, 6.45) is 4.25. The van der Waals surface area contributed by atoms with Gasteiger partial charge in [0.05, 0.1) is 24.8 Å². The maximum atomic E-state index is 7.54. The van der Waals surface area contributed by atoms with E-state index in [0.717, 1.165) is 25.1 Å². The fraction of sp³-hybridized carbons (Fsp3) is 0.667. The van der Waals surface area contributed by atoms with Crippen molar-refractivity contribution in [1.82, 2.24) is 9.55 Å². The zero-order valence-corrected chi connectivity index (χ0v) is 7.71. The Hall–Kier alpha value is -0.830. The Labute approximate surface area is 74.8 Å². The van der Waals surface area contributed by atoms with Gasteiger partial charge in [-0.25, -0.2) is 4.98 Å². The molecule has 1 heterocycles. The van der Waals surface area contributed by atoms with Crippen LogP contribution < -0.4 is 0 Å². The van der Waals surface area contributed by atoms with Crippen LogP contribution in [0.15, 0.2) is 12.5 Å². The van der Waals surface area contributed by atoms with Gasteiger partial charge in [0.2, 0.25) is 0 Å². The Morgan fingerprint density at radius 2 is 2.58 bits per heavy atom. The average molecular weight is 169 g/mol. The van der Waals surface area contributed by atoms with Crippen molar-refractivity contribution in [2.24, 2.45) is 0 Å². The molecule has 3 heteroatoms. The van der Waals surface area contributed by atoms with Gasteiger partial charge in [0, 0.05) is 13.7 Å². The van der Waals surface area contributed by atoms with Gasteiger partial charge in [-0.05, 0) is 6.42 Å². The molecule has 0 aliphatic rings. The molecule has 1 rings (SSSR count). The van der Waals surface area contributed by atoms with Crippen molar-refractivity contribution in [3.63, 3.8) is 0 Å². The minimum absolute atomic E-state index is 0.334. The van der Waals surface area contributed by atoms with Crippen molar-refractivity contribution >= 4 is 0 Å². The van der Waals surface area contributed by atoms with E-state index < -0.39 is 0 Å². The van der Waals surface area contributed by atoms with Gasteiger partial charge < -0.3 is 9.30 Å². The monoisotopic (exact) mass is 169 g/mol. The number of hydrogen-bond donors (Lipinski definition) is 0. The highest BCUT2D eigenvalue weighted by molar-refractivity contribution is 4.96. The molecule has 0 aliphatic heterocycles. The SMILES string of the molecule is [2H]c1ncc(COC)n1CCCC. The Morgan fingerprint density at radius 3 is 3.25 bits per heavy atom. The van der Waals surface area contributed by atoms with Crippen LogP contribution in [0.25, 0.3) is 0 Å². The molecule has 1 aromatic heterocycles. The van der Waals surface area contributed by atoms with Crippen LogP contribution in [-0.2, 0) is 17.9 Å². The molecule has 0 saturated heterocycles. The van der Waals surface area contributed by atoms with E-state index in [4.69, 9.17) is 6.11 Å². The van der Waals surface area contributed by atoms with Crippen molar-refractivity contribution in [1.29, 1.82) is 0 Å². The zero-order valence-electron chi connectivity index (χ0n) is 8.71. The predicted molar refractivity (Wildman–Crippen MR) is 47.8 cm³/mol. The second-order valence-electron chi connectivity index (χ2n) is 2.79. The molecule has 3 nitrogen and oxygen atoms in total. The third-order valence-corrected chi connectivity index (χ3v) is 1.77. The number of aromatic nitrogens is 2. The van der Waals surface area contributed by atoms with Crippen LogP contribution in [0.1, 0.15) is 26.8 Å². The van der Waals surface area contributed by atoms with Crippen LogP contribution in [0, 0.1) is 0 Å². The summed E-state index contributed by atoms with van der Waals surface area (Å²) in [6.45, 7) is 3.54. The molecule has 1 aromatic rings. The third kappa shape index (κ3) is 2.34. The predicted octanol–water partition coefficient (Wildman–Crippen LogP) is 1.83. The van der Waals surface area contributed by atoms with Crippen LogP contribution >= 0.6 is 0 Å². The third-order valence-electron chi connectivity index (χ3n) is 1.77. The molecular weight excluding hydrogens is 152 g/mol. The highest BCUT2D eigenvalue weighted by Gasteiger charge is 1.99. The average Bonchev–Trinajstić information content (AvgIpc) is 2.45. The van der Waals surface area contributed by atoms with Gasteiger partial charge in [-0.1, -0.05) is 13.3 Å². The van der Waals surface area contributed by atoms with Gasteiger partial charge in [-0.2, -0.15) is 0 Å². The van der Waals surface area contributed by atoms with Gasteiger partial charge in [-0.3, -0.25) is 0 Å². The number of unbranched alkanes of at least 4 members (excludes halogenated alkanes) is 1. The van der Waals surface area contributed by atoms with E-state index in [1.165, 1.54) is 0 Å². The van der Waals surface area contributed by atoms with Crippen LogP contribution in [-0.4, -0.2) is 16.7 Å². The lowest BCUT2D eigenvalue weighted by Crippen LogP contribution is -2.02. The van der Waals surface area contributed by atoms with Gasteiger partial charge in [0.15, 0.2) is 0 Å². The molecular formula is C9H16N2O. The van der Waals surface area contributed by atoms with E-state index >= 15 is 0 Å². The van der Waals surface area contributed by atoms with E-state index in [-0.39, 0.29) is 0 Å². The van der Waals surface area contributed by atoms with Crippen molar-refractivity contribution in [3.8, 4) is 0 Å². The van der Waals surface area contributed by atoms with Crippen molar-refractivity contribution in [2.45, 2.75) is 32.9 Å². The standard InChI is InChI=1S/C9H16N2O/c1-3-4-5-11-8-10-6-9(11)7-12-2/h6,8H,3-5,7H2,1-2H3/i8D. The highest BCUT2D eigenvalue weighted by atomic mass is 16.5. The molecule has 0 saturated carbocycles. The molecule has 0 fully saturated rings. The summed E-state index contributed by atoms with van der Waals surface area (Å²) >= 11 is 0. The number of nitrogens with zero attached hydrogens (tertiary/aromatic N) is 2. The molecule has 0 unspecified atom stereocenters. The van der Waals surface area contributed by atoms with Crippen LogP contribution in [0.3, 0.4) is 0 Å². The molecule has 0 bridgehead atoms. The number of imidazole rings is 1. The Bertz CT molecular complexity index is 260. The topological polar surface area (TPSA) is 27.1 Å². The first-order valence-corrected chi connectivity index (χ1v) is 4.29. The van der Waals surface area contributed by atoms with E-state index in [0.29, 0.717) is 12.9 Å². The van der Waals surface area contributed by atoms with Gasteiger partial charge in [-0.15, -0.1) is 0 Å². The number of ether oxygens (including phenoxy) is 1. The van der Waals surface area contributed by atoms with Crippen LogP contribution in [0.2, 0.25) is 0 Å². The van der Waals surface area contributed by atoms with Crippen molar-refractivity contribution in [3.05, 3.63) is 18.2 Å². The van der Waals surface area contributed by atoms with Crippen LogP contribution in [0.5, 0.6) is 0 Å². The van der Waals surface area contributed by atoms with E-state index in [9.17, 15) is 0 Å². The van der Waals surface area contributed by atoms with Crippen molar-refractivity contribution < 1.29 is 6.11 Å². The minimum atomic E-state index is 0.334. The quantitative estimate of drug-likeness (QED) is 0.672. The van der Waals surface area contributed by atoms with E-state index in [2.05, 4.69) is 11.9 Å². The molecule has 0 N–H and O–H groups in total. The molecule has 12 heavy (non-hydrogen) atoms. The number of rotatable bonds is 5. The smallest absolute Gasteiger partial charge is 0.104 e. The summed E-state index contributed by atoms with van der Waals surface area (Å²) in [5.74, 6) is 0. The van der Waals surface area contributed by atoms with Gasteiger partial charge in [0.1, 0.15) is 1.37 Å². The molecule has 0 aromatic carbocycles. The Morgan fingerprint density at radius 1 is 1.75 bits per heavy atom. The second-order valence-corrected chi connectivity index (χ2v) is 2.79. The zero-order chi connectivity index (χ0) is 9.68. The molecule has 0 aliphatic carbocycles. The molecule has 0 atom stereocenters. The van der Waals surface area contributed by atoms with E-state index in [1.54, 1.807) is 13.3 Å². The van der Waals surface area contributed by atoms with Crippen molar-refractivity contribution in [2.75, 3.05) is 7.11 Å². The first-order valence-electron chi connectivity index (χ1n) is 4.79. The molecule has 0 spiro atoms.